The topological polar surface area (TPSA) is 49.3 Å². The standard InChI is InChI=1S/C20H19F2NO2/c21-13-6-7-15(16(22)11-13)20(8-3-9-20)19(25)23-18-14-5-2-1-4-12(14)10-17(18)24/h1-2,4-7,11,17-18,24H,3,8-10H2,(H,23,25). The van der Waals surface area contributed by atoms with E-state index in [1.165, 1.54) is 12.1 Å². The van der Waals surface area contributed by atoms with Gasteiger partial charge < -0.3 is 10.4 Å². The zero-order valence-electron chi connectivity index (χ0n) is 13.6. The average Bonchev–Trinajstić information content (AvgIpc) is 2.84. The molecule has 0 aromatic heterocycles. The summed E-state index contributed by atoms with van der Waals surface area (Å²) >= 11 is 0. The Morgan fingerprint density at radius 3 is 2.60 bits per heavy atom. The van der Waals surface area contributed by atoms with E-state index in [-0.39, 0.29) is 11.5 Å². The van der Waals surface area contributed by atoms with Crippen LogP contribution >= 0.6 is 0 Å². The second kappa shape index (κ2) is 5.92. The molecule has 0 heterocycles. The molecular weight excluding hydrogens is 324 g/mol. The highest BCUT2D eigenvalue weighted by Crippen LogP contribution is 2.46. The maximum atomic E-state index is 14.3. The van der Waals surface area contributed by atoms with Gasteiger partial charge in [0.2, 0.25) is 5.91 Å². The van der Waals surface area contributed by atoms with Crippen molar-refractivity contribution < 1.29 is 18.7 Å². The van der Waals surface area contributed by atoms with Gasteiger partial charge in [-0.2, -0.15) is 0 Å². The van der Waals surface area contributed by atoms with Crippen molar-refractivity contribution in [3.05, 3.63) is 70.8 Å². The van der Waals surface area contributed by atoms with Crippen LogP contribution in [-0.4, -0.2) is 17.1 Å². The molecule has 2 N–H and O–H groups in total. The largest absolute Gasteiger partial charge is 0.390 e. The predicted octanol–water partition coefficient (Wildman–Crippen LogP) is 3.16. The van der Waals surface area contributed by atoms with Crippen LogP contribution in [-0.2, 0) is 16.6 Å². The molecule has 2 unspecified atom stereocenters. The molecule has 25 heavy (non-hydrogen) atoms. The molecule has 0 spiro atoms. The van der Waals surface area contributed by atoms with Crippen LogP contribution < -0.4 is 5.32 Å². The van der Waals surface area contributed by atoms with Gasteiger partial charge in [-0.05, 0) is 30.0 Å². The van der Waals surface area contributed by atoms with Gasteiger partial charge in [0.25, 0.3) is 0 Å². The number of aliphatic hydroxyl groups excluding tert-OH is 1. The number of aliphatic hydroxyl groups is 1. The summed E-state index contributed by atoms with van der Waals surface area (Å²) in [5.41, 5.74) is 1.17. The lowest BCUT2D eigenvalue weighted by Gasteiger charge is -2.41. The van der Waals surface area contributed by atoms with Crippen molar-refractivity contribution in [2.75, 3.05) is 0 Å². The third-order valence-corrected chi connectivity index (χ3v) is 5.58. The van der Waals surface area contributed by atoms with Crippen molar-refractivity contribution in [1.82, 2.24) is 5.32 Å². The maximum Gasteiger partial charge on any atom is 0.231 e. The smallest absolute Gasteiger partial charge is 0.231 e. The van der Waals surface area contributed by atoms with Crippen LogP contribution in [0, 0.1) is 11.6 Å². The molecule has 130 valence electrons. The van der Waals surface area contributed by atoms with E-state index in [9.17, 15) is 18.7 Å². The minimum Gasteiger partial charge on any atom is -0.390 e. The zero-order chi connectivity index (χ0) is 17.6. The number of rotatable bonds is 3. The lowest BCUT2D eigenvalue weighted by atomic mass is 9.63. The first-order valence-corrected chi connectivity index (χ1v) is 8.54. The minimum atomic E-state index is -0.977. The number of nitrogens with one attached hydrogen (secondary N) is 1. The summed E-state index contributed by atoms with van der Waals surface area (Å²) in [4.78, 5) is 13.0. The second-order valence-electron chi connectivity index (χ2n) is 6.98. The van der Waals surface area contributed by atoms with Gasteiger partial charge in [-0.3, -0.25) is 4.79 Å². The van der Waals surface area contributed by atoms with E-state index < -0.39 is 29.2 Å². The van der Waals surface area contributed by atoms with Crippen LogP contribution in [0.2, 0.25) is 0 Å². The number of halogens is 2. The molecule has 4 rings (SSSR count). The first-order valence-electron chi connectivity index (χ1n) is 8.54. The lowest BCUT2D eigenvalue weighted by Crippen LogP contribution is -2.51. The Balaban J connectivity index is 1.64. The van der Waals surface area contributed by atoms with E-state index in [1.54, 1.807) is 0 Å². The fourth-order valence-electron chi connectivity index (χ4n) is 4.05. The molecule has 2 aromatic rings. The Morgan fingerprint density at radius 2 is 1.92 bits per heavy atom. The van der Waals surface area contributed by atoms with Gasteiger partial charge in [-0.25, -0.2) is 8.78 Å². The minimum absolute atomic E-state index is 0.235. The summed E-state index contributed by atoms with van der Waals surface area (Å²) in [5, 5.41) is 13.3. The fraction of sp³-hybridized carbons (Fsp3) is 0.350. The number of carbonyl (C=O) groups excluding carboxylic acids is 1. The molecule has 0 saturated heterocycles. The van der Waals surface area contributed by atoms with Crippen molar-refractivity contribution in [2.24, 2.45) is 0 Å². The molecule has 1 fully saturated rings. The number of fused-ring (bicyclic) bond motifs is 1. The lowest BCUT2D eigenvalue weighted by molar-refractivity contribution is -0.131. The zero-order valence-corrected chi connectivity index (χ0v) is 13.6. The summed E-state index contributed by atoms with van der Waals surface area (Å²) in [6, 6.07) is 10.5. The fourth-order valence-corrected chi connectivity index (χ4v) is 4.05. The molecule has 3 nitrogen and oxygen atoms in total. The highest BCUT2D eigenvalue weighted by atomic mass is 19.1. The molecule has 2 aromatic carbocycles. The SMILES string of the molecule is O=C(NC1c2ccccc2CC1O)C1(c2ccc(F)cc2F)CCC1. The van der Waals surface area contributed by atoms with Crippen molar-refractivity contribution in [3.63, 3.8) is 0 Å². The van der Waals surface area contributed by atoms with E-state index in [0.29, 0.717) is 19.3 Å². The van der Waals surface area contributed by atoms with Crippen LogP contribution in [0.1, 0.15) is 42.0 Å². The highest BCUT2D eigenvalue weighted by Gasteiger charge is 2.48. The molecule has 2 aliphatic rings. The molecule has 5 heteroatoms. The van der Waals surface area contributed by atoms with Gasteiger partial charge in [0.1, 0.15) is 11.6 Å². The van der Waals surface area contributed by atoms with Gasteiger partial charge in [-0.1, -0.05) is 36.8 Å². The van der Waals surface area contributed by atoms with Crippen LogP contribution in [0.15, 0.2) is 42.5 Å². The summed E-state index contributed by atoms with van der Waals surface area (Å²) in [6.45, 7) is 0. The normalized spacial score (nSPS) is 23.6. The number of amides is 1. The number of hydrogen-bond donors (Lipinski definition) is 2. The third kappa shape index (κ3) is 2.54. The Hall–Kier alpha value is -2.27. The molecule has 2 aliphatic carbocycles. The Morgan fingerprint density at radius 1 is 1.16 bits per heavy atom. The van der Waals surface area contributed by atoms with E-state index in [0.717, 1.165) is 23.6 Å². The van der Waals surface area contributed by atoms with Crippen LogP contribution in [0.3, 0.4) is 0 Å². The Kier molecular flexibility index (Phi) is 3.84. The van der Waals surface area contributed by atoms with E-state index in [1.807, 2.05) is 24.3 Å². The molecule has 0 radical (unpaired) electrons. The molecular formula is C20H19F2NO2. The highest BCUT2D eigenvalue weighted by molar-refractivity contribution is 5.89. The molecule has 1 amide bonds. The van der Waals surface area contributed by atoms with Gasteiger partial charge in [0.05, 0.1) is 17.6 Å². The Bertz CT molecular complexity index is 832. The van der Waals surface area contributed by atoms with Crippen molar-refractivity contribution >= 4 is 5.91 Å². The first-order chi connectivity index (χ1) is 12.0. The second-order valence-corrected chi connectivity index (χ2v) is 6.98. The van der Waals surface area contributed by atoms with Gasteiger partial charge in [-0.15, -0.1) is 0 Å². The van der Waals surface area contributed by atoms with Crippen molar-refractivity contribution in [1.29, 1.82) is 0 Å². The maximum absolute atomic E-state index is 14.3. The Labute approximate surface area is 144 Å². The van der Waals surface area contributed by atoms with E-state index in [4.69, 9.17) is 0 Å². The first kappa shape index (κ1) is 16.2. The average molecular weight is 343 g/mol. The number of hydrogen-bond acceptors (Lipinski definition) is 2. The monoisotopic (exact) mass is 343 g/mol. The quantitative estimate of drug-likeness (QED) is 0.899. The van der Waals surface area contributed by atoms with Gasteiger partial charge in [0.15, 0.2) is 0 Å². The molecule has 0 aliphatic heterocycles. The third-order valence-electron chi connectivity index (χ3n) is 5.58. The van der Waals surface area contributed by atoms with Crippen LogP contribution in [0.25, 0.3) is 0 Å². The van der Waals surface area contributed by atoms with Crippen molar-refractivity contribution in [2.45, 2.75) is 43.2 Å². The van der Waals surface area contributed by atoms with E-state index in [2.05, 4.69) is 5.32 Å². The van der Waals surface area contributed by atoms with E-state index >= 15 is 0 Å². The predicted molar refractivity (Wildman–Crippen MR) is 88.9 cm³/mol. The molecule has 1 saturated carbocycles. The summed E-state index contributed by atoms with van der Waals surface area (Å²) in [6.07, 6.45) is 1.64. The number of benzene rings is 2. The molecule has 2 atom stereocenters. The molecule has 0 bridgehead atoms. The van der Waals surface area contributed by atoms with Crippen molar-refractivity contribution in [3.8, 4) is 0 Å². The van der Waals surface area contributed by atoms with Gasteiger partial charge >= 0.3 is 0 Å². The number of carbonyl (C=O) groups is 1. The summed E-state index contributed by atoms with van der Waals surface area (Å²) < 4.78 is 27.5. The van der Waals surface area contributed by atoms with Gasteiger partial charge in [0, 0.05) is 18.1 Å². The van der Waals surface area contributed by atoms with Crippen LogP contribution in [0.5, 0.6) is 0 Å². The summed E-state index contributed by atoms with van der Waals surface area (Å²) in [7, 11) is 0. The summed E-state index contributed by atoms with van der Waals surface area (Å²) in [5.74, 6) is -1.65. The van der Waals surface area contributed by atoms with Crippen LogP contribution in [0.4, 0.5) is 8.78 Å².